The Hall–Kier alpha value is -1.32. The molecule has 4 nitrogen and oxygen atoms in total. The molecular weight excluding hydrogens is 168 g/mol. The van der Waals surface area contributed by atoms with Crippen LogP contribution in [0.25, 0.3) is 0 Å². The monoisotopic (exact) mass is 182 g/mol. The maximum absolute atomic E-state index is 11.2. The van der Waals surface area contributed by atoms with E-state index in [1.165, 1.54) is 7.11 Å². The Kier molecular flexibility index (Phi) is 3.06. The number of carbonyl (C=O) groups is 1. The second-order valence-electron chi connectivity index (χ2n) is 2.91. The van der Waals surface area contributed by atoms with Crippen LogP contribution in [0.1, 0.15) is 36.8 Å². The van der Waals surface area contributed by atoms with Crippen LogP contribution in [-0.2, 0) is 4.74 Å². The van der Waals surface area contributed by atoms with Gasteiger partial charge in [-0.15, -0.1) is 0 Å². The van der Waals surface area contributed by atoms with Gasteiger partial charge in [0.25, 0.3) is 0 Å². The second-order valence-corrected chi connectivity index (χ2v) is 2.91. The van der Waals surface area contributed by atoms with E-state index in [4.69, 9.17) is 0 Å². The first-order chi connectivity index (χ1) is 6.20. The molecule has 0 N–H and O–H groups in total. The van der Waals surface area contributed by atoms with Crippen molar-refractivity contribution in [3.05, 3.63) is 18.0 Å². The van der Waals surface area contributed by atoms with Gasteiger partial charge in [-0.05, 0) is 19.4 Å². The number of rotatable bonds is 3. The number of nitrogens with zero attached hydrogens (tertiary/aromatic N) is 2. The molecule has 0 aliphatic heterocycles. The normalized spacial score (nSPS) is 12.5. The molecule has 1 rings (SSSR count). The van der Waals surface area contributed by atoms with Crippen molar-refractivity contribution in [2.45, 2.75) is 26.3 Å². The zero-order chi connectivity index (χ0) is 9.84. The van der Waals surface area contributed by atoms with Gasteiger partial charge in [-0.2, -0.15) is 5.10 Å². The maximum atomic E-state index is 11.2. The lowest BCUT2D eigenvalue weighted by atomic mass is 10.2. The van der Waals surface area contributed by atoms with Gasteiger partial charge in [0.15, 0.2) is 0 Å². The molecule has 1 aromatic rings. The summed E-state index contributed by atoms with van der Waals surface area (Å²) in [5.41, 5.74) is 0.511. The summed E-state index contributed by atoms with van der Waals surface area (Å²) in [7, 11) is 1.37. The summed E-state index contributed by atoms with van der Waals surface area (Å²) in [6, 6.07) is 1.89. The highest BCUT2D eigenvalue weighted by Gasteiger charge is 2.14. The second kappa shape index (κ2) is 4.07. The minimum absolute atomic E-state index is 0.226. The van der Waals surface area contributed by atoms with Crippen LogP contribution in [0.3, 0.4) is 0 Å². The van der Waals surface area contributed by atoms with Crippen molar-refractivity contribution in [3.63, 3.8) is 0 Å². The van der Waals surface area contributed by atoms with Gasteiger partial charge in [-0.1, -0.05) is 6.92 Å². The Morgan fingerprint density at radius 3 is 3.00 bits per heavy atom. The average Bonchev–Trinajstić information content (AvgIpc) is 2.63. The molecule has 0 radical (unpaired) electrons. The third kappa shape index (κ3) is 1.88. The zero-order valence-corrected chi connectivity index (χ0v) is 8.15. The number of carbonyl (C=O) groups excluding carboxylic acids is 1. The van der Waals surface area contributed by atoms with Gasteiger partial charge in [0.05, 0.1) is 7.11 Å². The van der Waals surface area contributed by atoms with Crippen molar-refractivity contribution >= 4 is 5.97 Å². The van der Waals surface area contributed by atoms with E-state index in [-0.39, 0.29) is 12.0 Å². The number of esters is 1. The lowest BCUT2D eigenvalue weighted by Crippen LogP contribution is -2.14. The molecular formula is C9H14N2O2. The molecule has 0 aliphatic rings. The molecule has 0 aromatic carbocycles. The predicted molar refractivity (Wildman–Crippen MR) is 48.6 cm³/mol. The summed E-state index contributed by atoms with van der Waals surface area (Å²) >= 11 is 0. The van der Waals surface area contributed by atoms with Crippen molar-refractivity contribution in [2.75, 3.05) is 7.11 Å². The fraction of sp³-hybridized carbons (Fsp3) is 0.556. The third-order valence-electron chi connectivity index (χ3n) is 2.07. The SMILES string of the molecule is CC[C@H](C)n1nccc1C(=O)OC. The molecule has 1 heterocycles. The van der Waals surface area contributed by atoms with Crippen molar-refractivity contribution in [2.24, 2.45) is 0 Å². The van der Waals surface area contributed by atoms with E-state index >= 15 is 0 Å². The van der Waals surface area contributed by atoms with E-state index in [2.05, 4.69) is 9.84 Å². The summed E-state index contributed by atoms with van der Waals surface area (Å²) in [5.74, 6) is -0.335. The molecule has 1 atom stereocenters. The number of aromatic nitrogens is 2. The van der Waals surface area contributed by atoms with Gasteiger partial charge >= 0.3 is 5.97 Å². The first-order valence-corrected chi connectivity index (χ1v) is 4.32. The standard InChI is InChI=1S/C9H14N2O2/c1-4-7(2)11-8(5-6-10-11)9(12)13-3/h5-7H,4H2,1-3H3/t7-/m0/s1. The van der Waals surface area contributed by atoms with Crippen LogP contribution in [0.15, 0.2) is 12.3 Å². The molecule has 0 saturated carbocycles. The van der Waals surface area contributed by atoms with Crippen LogP contribution in [0.5, 0.6) is 0 Å². The van der Waals surface area contributed by atoms with Gasteiger partial charge in [0.2, 0.25) is 0 Å². The molecule has 13 heavy (non-hydrogen) atoms. The summed E-state index contributed by atoms with van der Waals surface area (Å²) in [4.78, 5) is 11.2. The van der Waals surface area contributed by atoms with E-state index in [1.54, 1.807) is 16.9 Å². The zero-order valence-electron chi connectivity index (χ0n) is 8.15. The van der Waals surface area contributed by atoms with E-state index in [0.717, 1.165) is 6.42 Å². The summed E-state index contributed by atoms with van der Waals surface area (Å²) in [5, 5.41) is 4.07. The molecule has 1 aromatic heterocycles. The molecule has 4 heteroatoms. The Bertz CT molecular complexity index is 294. The van der Waals surface area contributed by atoms with E-state index in [1.807, 2.05) is 13.8 Å². The fourth-order valence-corrected chi connectivity index (χ4v) is 1.10. The topological polar surface area (TPSA) is 44.1 Å². The Morgan fingerprint density at radius 1 is 1.77 bits per heavy atom. The third-order valence-corrected chi connectivity index (χ3v) is 2.07. The van der Waals surface area contributed by atoms with Crippen molar-refractivity contribution < 1.29 is 9.53 Å². The summed E-state index contributed by atoms with van der Waals surface area (Å²) in [6.07, 6.45) is 2.55. The smallest absolute Gasteiger partial charge is 0.356 e. The lowest BCUT2D eigenvalue weighted by molar-refractivity contribution is 0.0583. The fourth-order valence-electron chi connectivity index (χ4n) is 1.10. The van der Waals surface area contributed by atoms with Crippen LogP contribution >= 0.6 is 0 Å². The lowest BCUT2D eigenvalue weighted by Gasteiger charge is -2.11. The number of hydrogen-bond donors (Lipinski definition) is 0. The van der Waals surface area contributed by atoms with Crippen LogP contribution < -0.4 is 0 Å². The van der Waals surface area contributed by atoms with Crippen LogP contribution in [-0.4, -0.2) is 22.9 Å². The Morgan fingerprint density at radius 2 is 2.46 bits per heavy atom. The van der Waals surface area contributed by atoms with Gasteiger partial charge in [0.1, 0.15) is 5.69 Å². The van der Waals surface area contributed by atoms with Crippen molar-refractivity contribution in [1.82, 2.24) is 9.78 Å². The molecule has 72 valence electrons. The molecule has 0 spiro atoms. The first-order valence-electron chi connectivity index (χ1n) is 4.32. The summed E-state index contributed by atoms with van der Waals surface area (Å²) in [6.45, 7) is 4.06. The largest absolute Gasteiger partial charge is 0.464 e. The van der Waals surface area contributed by atoms with Crippen LogP contribution in [0.4, 0.5) is 0 Å². The Balaban J connectivity index is 2.95. The highest BCUT2D eigenvalue weighted by atomic mass is 16.5. The predicted octanol–water partition coefficient (Wildman–Crippen LogP) is 1.64. The highest BCUT2D eigenvalue weighted by molar-refractivity contribution is 5.87. The quantitative estimate of drug-likeness (QED) is 0.667. The number of methoxy groups -OCH3 is 1. The van der Waals surface area contributed by atoms with Crippen LogP contribution in [0, 0.1) is 0 Å². The van der Waals surface area contributed by atoms with Crippen molar-refractivity contribution in [3.8, 4) is 0 Å². The molecule has 0 unspecified atom stereocenters. The van der Waals surface area contributed by atoms with E-state index in [9.17, 15) is 4.79 Å². The minimum atomic E-state index is -0.335. The molecule has 0 bridgehead atoms. The van der Waals surface area contributed by atoms with Gasteiger partial charge in [-0.25, -0.2) is 4.79 Å². The highest BCUT2D eigenvalue weighted by Crippen LogP contribution is 2.12. The molecule has 0 fully saturated rings. The maximum Gasteiger partial charge on any atom is 0.356 e. The van der Waals surface area contributed by atoms with Gasteiger partial charge < -0.3 is 4.74 Å². The number of hydrogen-bond acceptors (Lipinski definition) is 3. The van der Waals surface area contributed by atoms with Crippen molar-refractivity contribution in [1.29, 1.82) is 0 Å². The van der Waals surface area contributed by atoms with Gasteiger partial charge in [-0.3, -0.25) is 4.68 Å². The molecule has 0 saturated heterocycles. The number of ether oxygens (including phenoxy) is 1. The molecule has 0 amide bonds. The van der Waals surface area contributed by atoms with E-state index < -0.39 is 0 Å². The summed E-state index contributed by atoms with van der Waals surface area (Å²) < 4.78 is 6.32. The molecule has 0 aliphatic carbocycles. The first kappa shape index (κ1) is 9.77. The van der Waals surface area contributed by atoms with Gasteiger partial charge in [0, 0.05) is 12.2 Å². The minimum Gasteiger partial charge on any atom is -0.464 e. The van der Waals surface area contributed by atoms with E-state index in [0.29, 0.717) is 5.69 Å². The Labute approximate surface area is 77.5 Å². The average molecular weight is 182 g/mol. The van der Waals surface area contributed by atoms with Crippen LogP contribution in [0.2, 0.25) is 0 Å².